The number of hydrogen-bond donors (Lipinski definition) is 1. The number of aryl methyl sites for hydroxylation is 1. The maximum Gasteiger partial charge on any atom is 0.252 e. The van der Waals surface area contributed by atoms with Gasteiger partial charge in [0.15, 0.2) is 0 Å². The molecular weight excluding hydrogens is 310 g/mol. The molecule has 0 aliphatic heterocycles. The summed E-state index contributed by atoms with van der Waals surface area (Å²) >= 11 is 0. The molecule has 0 aromatic heterocycles. The van der Waals surface area contributed by atoms with Gasteiger partial charge in [0, 0.05) is 5.56 Å². The first-order valence-electron chi connectivity index (χ1n) is 8.24. The van der Waals surface area contributed by atoms with Gasteiger partial charge in [0.05, 0.1) is 13.2 Å². The van der Waals surface area contributed by atoms with Crippen molar-refractivity contribution in [1.82, 2.24) is 5.32 Å². The first kappa shape index (κ1) is 16.8. The molecule has 3 nitrogen and oxygen atoms in total. The van der Waals surface area contributed by atoms with Crippen molar-refractivity contribution < 1.29 is 9.53 Å². The number of carbonyl (C=O) groups is 1. The summed E-state index contributed by atoms with van der Waals surface area (Å²) in [6.45, 7) is 2.06. The average molecular weight is 331 g/mol. The summed E-state index contributed by atoms with van der Waals surface area (Å²) in [6, 6.07) is 25.1. The molecule has 1 amide bonds. The summed E-state index contributed by atoms with van der Waals surface area (Å²) in [5, 5.41) is 3.16. The van der Waals surface area contributed by atoms with E-state index in [1.807, 2.05) is 54.6 Å². The van der Waals surface area contributed by atoms with E-state index in [0.29, 0.717) is 11.3 Å². The lowest BCUT2D eigenvalue weighted by atomic mass is 9.94. The fraction of sp³-hybridized carbons (Fsp3) is 0.136. The van der Waals surface area contributed by atoms with E-state index in [1.54, 1.807) is 19.2 Å². The van der Waals surface area contributed by atoms with Crippen molar-refractivity contribution in [2.75, 3.05) is 7.11 Å². The lowest BCUT2D eigenvalue weighted by Crippen LogP contribution is -2.29. The Hall–Kier alpha value is -3.07. The summed E-state index contributed by atoms with van der Waals surface area (Å²) in [7, 11) is 1.59. The van der Waals surface area contributed by atoms with Gasteiger partial charge in [-0.3, -0.25) is 4.79 Å². The summed E-state index contributed by atoms with van der Waals surface area (Å²) in [5.41, 5.74) is 3.86. The minimum absolute atomic E-state index is 0.129. The van der Waals surface area contributed by atoms with E-state index in [-0.39, 0.29) is 11.9 Å². The summed E-state index contributed by atoms with van der Waals surface area (Å²) in [5.74, 6) is 0.538. The zero-order chi connectivity index (χ0) is 17.6. The van der Waals surface area contributed by atoms with Crippen LogP contribution >= 0.6 is 0 Å². The molecule has 126 valence electrons. The Morgan fingerprint density at radius 2 is 1.64 bits per heavy atom. The minimum atomic E-state index is -0.207. The highest BCUT2D eigenvalue weighted by Crippen LogP contribution is 2.25. The minimum Gasteiger partial charge on any atom is -0.497 e. The number of benzene rings is 3. The van der Waals surface area contributed by atoms with Crippen LogP contribution in [0.5, 0.6) is 5.75 Å². The van der Waals surface area contributed by atoms with Gasteiger partial charge < -0.3 is 10.1 Å². The smallest absolute Gasteiger partial charge is 0.252 e. The van der Waals surface area contributed by atoms with Crippen LogP contribution in [-0.4, -0.2) is 13.0 Å². The first-order valence-corrected chi connectivity index (χ1v) is 8.24. The molecule has 0 radical (unpaired) electrons. The third-order valence-electron chi connectivity index (χ3n) is 4.24. The van der Waals surface area contributed by atoms with E-state index in [1.165, 1.54) is 0 Å². The Morgan fingerprint density at radius 3 is 2.36 bits per heavy atom. The van der Waals surface area contributed by atoms with Crippen LogP contribution in [0.25, 0.3) is 0 Å². The van der Waals surface area contributed by atoms with Gasteiger partial charge in [-0.25, -0.2) is 0 Å². The SMILES string of the molecule is COc1cccc(C(=O)N[C@H](c2ccccc2)c2ccccc2C)c1. The fourth-order valence-corrected chi connectivity index (χ4v) is 2.88. The molecular formula is C22H21NO2. The molecule has 3 aromatic rings. The Labute approximate surface area is 148 Å². The van der Waals surface area contributed by atoms with E-state index in [4.69, 9.17) is 4.74 Å². The van der Waals surface area contributed by atoms with E-state index < -0.39 is 0 Å². The largest absolute Gasteiger partial charge is 0.497 e. The number of methoxy groups -OCH3 is 1. The second-order valence-corrected chi connectivity index (χ2v) is 5.91. The Bertz CT molecular complexity index is 859. The van der Waals surface area contributed by atoms with E-state index in [2.05, 4.69) is 24.4 Å². The van der Waals surface area contributed by atoms with Crippen LogP contribution in [0, 0.1) is 6.92 Å². The summed E-state index contributed by atoms with van der Waals surface area (Å²) < 4.78 is 5.22. The first-order chi connectivity index (χ1) is 12.2. The van der Waals surface area contributed by atoms with Gasteiger partial charge in [-0.15, -0.1) is 0 Å². The van der Waals surface area contributed by atoms with Crippen LogP contribution in [-0.2, 0) is 0 Å². The zero-order valence-corrected chi connectivity index (χ0v) is 14.4. The van der Waals surface area contributed by atoms with Crippen molar-refractivity contribution >= 4 is 5.91 Å². The third-order valence-corrected chi connectivity index (χ3v) is 4.24. The quantitative estimate of drug-likeness (QED) is 0.746. The highest BCUT2D eigenvalue weighted by atomic mass is 16.5. The van der Waals surface area contributed by atoms with Crippen LogP contribution in [0.2, 0.25) is 0 Å². The Balaban J connectivity index is 1.95. The van der Waals surface area contributed by atoms with Gasteiger partial charge in [-0.2, -0.15) is 0 Å². The Morgan fingerprint density at radius 1 is 0.920 bits per heavy atom. The molecule has 1 N–H and O–H groups in total. The van der Waals surface area contributed by atoms with E-state index in [9.17, 15) is 4.79 Å². The normalized spacial score (nSPS) is 11.6. The fourth-order valence-electron chi connectivity index (χ4n) is 2.88. The van der Waals surface area contributed by atoms with E-state index in [0.717, 1.165) is 16.7 Å². The zero-order valence-electron chi connectivity index (χ0n) is 14.4. The average Bonchev–Trinajstić information content (AvgIpc) is 2.67. The van der Waals surface area contributed by atoms with Crippen LogP contribution in [0.3, 0.4) is 0 Å². The lowest BCUT2D eigenvalue weighted by molar-refractivity contribution is 0.0942. The number of amides is 1. The third kappa shape index (κ3) is 3.89. The van der Waals surface area contributed by atoms with Crippen LogP contribution < -0.4 is 10.1 Å². The van der Waals surface area contributed by atoms with Crippen LogP contribution in [0.1, 0.15) is 33.1 Å². The molecule has 3 aromatic carbocycles. The van der Waals surface area contributed by atoms with Crippen LogP contribution in [0.4, 0.5) is 0 Å². The highest BCUT2D eigenvalue weighted by molar-refractivity contribution is 5.95. The number of carbonyl (C=O) groups excluding carboxylic acids is 1. The molecule has 0 heterocycles. The molecule has 1 atom stereocenters. The number of nitrogens with one attached hydrogen (secondary N) is 1. The summed E-state index contributed by atoms with van der Waals surface area (Å²) in [6.07, 6.45) is 0. The predicted molar refractivity (Wildman–Crippen MR) is 99.9 cm³/mol. The van der Waals surface area contributed by atoms with Gasteiger partial charge in [0.25, 0.3) is 5.91 Å². The van der Waals surface area contributed by atoms with Gasteiger partial charge >= 0.3 is 0 Å². The predicted octanol–water partition coefficient (Wildman–Crippen LogP) is 4.52. The van der Waals surface area contributed by atoms with Crippen molar-refractivity contribution in [3.8, 4) is 5.75 Å². The molecule has 0 spiro atoms. The molecule has 0 unspecified atom stereocenters. The molecule has 0 aliphatic rings. The van der Waals surface area contributed by atoms with E-state index >= 15 is 0 Å². The molecule has 0 fully saturated rings. The topological polar surface area (TPSA) is 38.3 Å². The van der Waals surface area contributed by atoms with Crippen molar-refractivity contribution in [2.24, 2.45) is 0 Å². The molecule has 0 saturated heterocycles. The Kier molecular flexibility index (Phi) is 5.14. The lowest BCUT2D eigenvalue weighted by Gasteiger charge is -2.22. The van der Waals surface area contributed by atoms with Gasteiger partial charge in [-0.05, 0) is 41.8 Å². The van der Waals surface area contributed by atoms with Crippen molar-refractivity contribution in [3.63, 3.8) is 0 Å². The second-order valence-electron chi connectivity index (χ2n) is 5.91. The van der Waals surface area contributed by atoms with Gasteiger partial charge in [0.2, 0.25) is 0 Å². The van der Waals surface area contributed by atoms with Gasteiger partial charge in [-0.1, -0.05) is 60.7 Å². The molecule has 0 saturated carbocycles. The van der Waals surface area contributed by atoms with Crippen molar-refractivity contribution in [2.45, 2.75) is 13.0 Å². The maximum absolute atomic E-state index is 12.8. The number of rotatable bonds is 5. The number of hydrogen-bond acceptors (Lipinski definition) is 2. The molecule has 0 aliphatic carbocycles. The molecule has 25 heavy (non-hydrogen) atoms. The standard InChI is InChI=1S/C22H21NO2/c1-16-9-6-7-14-20(16)21(17-10-4-3-5-11-17)23-22(24)18-12-8-13-19(15-18)25-2/h3-15,21H,1-2H3,(H,23,24)/t21-/m1/s1. The molecule has 3 heteroatoms. The molecule has 0 bridgehead atoms. The van der Waals surface area contributed by atoms with Crippen LogP contribution in [0.15, 0.2) is 78.9 Å². The van der Waals surface area contributed by atoms with Crippen molar-refractivity contribution in [3.05, 3.63) is 101 Å². The maximum atomic E-state index is 12.8. The summed E-state index contributed by atoms with van der Waals surface area (Å²) in [4.78, 5) is 12.8. The number of ether oxygens (including phenoxy) is 1. The highest BCUT2D eigenvalue weighted by Gasteiger charge is 2.19. The van der Waals surface area contributed by atoms with Crippen molar-refractivity contribution in [1.29, 1.82) is 0 Å². The van der Waals surface area contributed by atoms with Gasteiger partial charge in [0.1, 0.15) is 5.75 Å². The monoisotopic (exact) mass is 331 g/mol. The second kappa shape index (κ2) is 7.67. The molecule has 3 rings (SSSR count).